The Kier molecular flexibility index (Phi) is 11.3. The lowest BCUT2D eigenvalue weighted by Crippen LogP contribution is -2.42. The summed E-state index contributed by atoms with van der Waals surface area (Å²) in [7, 11) is 8.43. The minimum atomic E-state index is -1.07. The van der Waals surface area contributed by atoms with Crippen LogP contribution in [0.2, 0.25) is 0 Å². The van der Waals surface area contributed by atoms with Gasteiger partial charge in [-0.1, -0.05) is 42.1 Å². The van der Waals surface area contributed by atoms with E-state index < -0.39 is 11.9 Å². The standard InChI is InChI=1S/C34H39N5O5S/c1-22-17-23(2)36-34(35-22)45-21-30(40)39(20-24-11-9-8-10-12-24)31(25-18-28(42-5)32(44-7)29(19-25)43-6)33(41)37-26-13-15-27(16-14-26)38(3)4/h8-19,31H,20-21H2,1-7H3,(H,37,41). The summed E-state index contributed by atoms with van der Waals surface area (Å²) >= 11 is 1.23. The van der Waals surface area contributed by atoms with Crippen LogP contribution in [0, 0.1) is 13.8 Å². The number of amides is 2. The number of hydrogen-bond acceptors (Lipinski definition) is 9. The lowest BCUT2D eigenvalue weighted by atomic mass is 10.0. The molecule has 0 saturated heterocycles. The second kappa shape index (κ2) is 15.3. The second-order valence-electron chi connectivity index (χ2n) is 10.5. The molecule has 10 nitrogen and oxygen atoms in total. The van der Waals surface area contributed by atoms with E-state index in [2.05, 4.69) is 15.3 Å². The number of aryl methyl sites for hydroxylation is 2. The number of nitrogens with zero attached hydrogens (tertiary/aromatic N) is 4. The van der Waals surface area contributed by atoms with Crippen molar-refractivity contribution in [1.82, 2.24) is 14.9 Å². The van der Waals surface area contributed by atoms with Crippen LogP contribution in [0.5, 0.6) is 17.2 Å². The maximum Gasteiger partial charge on any atom is 0.251 e. The Morgan fingerprint density at radius 2 is 1.44 bits per heavy atom. The zero-order chi connectivity index (χ0) is 32.5. The summed E-state index contributed by atoms with van der Waals surface area (Å²) < 4.78 is 16.8. The van der Waals surface area contributed by atoms with Crippen LogP contribution in [-0.4, -0.2) is 67.9 Å². The Balaban J connectivity index is 1.80. The third-order valence-corrected chi connectivity index (χ3v) is 7.85. The summed E-state index contributed by atoms with van der Waals surface area (Å²) in [6.07, 6.45) is 0. The van der Waals surface area contributed by atoms with Crippen LogP contribution in [0.1, 0.15) is 28.6 Å². The van der Waals surface area contributed by atoms with E-state index in [0.717, 1.165) is 22.6 Å². The maximum atomic E-state index is 14.3. The van der Waals surface area contributed by atoms with Gasteiger partial charge in [-0.15, -0.1) is 0 Å². The highest BCUT2D eigenvalue weighted by molar-refractivity contribution is 7.99. The van der Waals surface area contributed by atoms with E-state index >= 15 is 0 Å². The number of nitrogens with one attached hydrogen (secondary N) is 1. The number of aromatic nitrogens is 2. The summed E-state index contributed by atoms with van der Waals surface area (Å²) in [5.74, 6) is 0.449. The zero-order valence-electron chi connectivity index (χ0n) is 26.7. The highest BCUT2D eigenvalue weighted by Gasteiger charge is 2.34. The smallest absolute Gasteiger partial charge is 0.251 e. The molecule has 0 fully saturated rings. The quantitative estimate of drug-likeness (QED) is 0.148. The molecule has 1 aromatic heterocycles. The molecule has 2 amide bonds. The number of thioether (sulfide) groups is 1. The van der Waals surface area contributed by atoms with Crippen molar-refractivity contribution in [2.24, 2.45) is 0 Å². The Morgan fingerprint density at radius 1 is 0.844 bits per heavy atom. The Hall–Kier alpha value is -4.77. The van der Waals surface area contributed by atoms with Crippen molar-refractivity contribution >= 4 is 35.0 Å². The first-order chi connectivity index (χ1) is 21.6. The highest BCUT2D eigenvalue weighted by atomic mass is 32.2. The van der Waals surface area contributed by atoms with Crippen molar-refractivity contribution < 1.29 is 23.8 Å². The number of methoxy groups -OCH3 is 3. The molecule has 11 heteroatoms. The molecule has 4 aromatic rings. The van der Waals surface area contributed by atoms with Gasteiger partial charge in [-0.05, 0) is 67.4 Å². The number of rotatable bonds is 13. The monoisotopic (exact) mass is 629 g/mol. The van der Waals surface area contributed by atoms with Crippen LogP contribution < -0.4 is 24.4 Å². The lowest BCUT2D eigenvalue weighted by Gasteiger charge is -2.32. The third kappa shape index (κ3) is 8.45. The van der Waals surface area contributed by atoms with Gasteiger partial charge < -0.3 is 29.3 Å². The summed E-state index contributed by atoms with van der Waals surface area (Å²) in [5, 5.41) is 3.52. The van der Waals surface area contributed by atoms with Crippen LogP contribution in [-0.2, 0) is 16.1 Å². The van der Waals surface area contributed by atoms with Crippen LogP contribution in [0.3, 0.4) is 0 Å². The summed E-state index contributed by atoms with van der Waals surface area (Å²) in [6.45, 7) is 3.94. The van der Waals surface area contributed by atoms with Crippen LogP contribution >= 0.6 is 11.8 Å². The highest BCUT2D eigenvalue weighted by Crippen LogP contribution is 2.41. The molecular weight excluding hydrogens is 590 g/mol. The third-order valence-electron chi connectivity index (χ3n) is 7.02. The molecule has 1 unspecified atom stereocenters. The van der Waals surface area contributed by atoms with Gasteiger partial charge in [-0.3, -0.25) is 9.59 Å². The Labute approximate surface area is 268 Å². The van der Waals surface area contributed by atoms with Gasteiger partial charge in [0.25, 0.3) is 5.91 Å². The Bertz CT molecular complexity index is 1570. The fraction of sp³-hybridized carbons (Fsp3) is 0.294. The average molecular weight is 630 g/mol. The van der Waals surface area contributed by atoms with E-state index in [9.17, 15) is 9.59 Å². The van der Waals surface area contributed by atoms with E-state index in [4.69, 9.17) is 14.2 Å². The van der Waals surface area contributed by atoms with Crippen molar-refractivity contribution in [2.75, 3.05) is 51.4 Å². The fourth-order valence-corrected chi connectivity index (χ4v) is 5.69. The molecule has 0 saturated carbocycles. The average Bonchev–Trinajstić information content (AvgIpc) is 3.03. The van der Waals surface area contributed by atoms with Gasteiger partial charge in [0.05, 0.1) is 27.1 Å². The van der Waals surface area contributed by atoms with Gasteiger partial charge in [0.2, 0.25) is 11.7 Å². The largest absolute Gasteiger partial charge is 0.493 e. The molecule has 1 N–H and O–H groups in total. The molecule has 0 aliphatic rings. The molecule has 0 bridgehead atoms. The van der Waals surface area contributed by atoms with Crippen molar-refractivity contribution in [3.8, 4) is 17.2 Å². The number of hydrogen-bond donors (Lipinski definition) is 1. The predicted octanol–water partition coefficient (Wildman–Crippen LogP) is 5.69. The number of carbonyl (C=O) groups excluding carboxylic acids is 2. The molecule has 0 aliphatic heterocycles. The van der Waals surface area contributed by atoms with Gasteiger partial charge in [0, 0.05) is 43.4 Å². The Morgan fingerprint density at radius 3 is 1.98 bits per heavy atom. The normalized spacial score (nSPS) is 11.4. The van der Waals surface area contributed by atoms with Crippen LogP contribution in [0.4, 0.5) is 11.4 Å². The van der Waals surface area contributed by atoms with Gasteiger partial charge >= 0.3 is 0 Å². The van der Waals surface area contributed by atoms with Gasteiger partial charge in [0.1, 0.15) is 6.04 Å². The van der Waals surface area contributed by atoms with Crippen molar-refractivity contribution in [1.29, 1.82) is 0 Å². The fourth-order valence-electron chi connectivity index (χ4n) is 4.86. The molecule has 0 radical (unpaired) electrons. The summed E-state index contributed by atoms with van der Waals surface area (Å²) in [6, 6.07) is 21.2. The first kappa shape index (κ1) is 33.1. The molecule has 3 aromatic carbocycles. The lowest BCUT2D eigenvalue weighted by molar-refractivity contribution is -0.137. The molecule has 4 rings (SSSR count). The minimum Gasteiger partial charge on any atom is -0.493 e. The zero-order valence-corrected chi connectivity index (χ0v) is 27.5. The molecule has 0 aliphatic carbocycles. The molecule has 1 heterocycles. The number of benzene rings is 3. The van der Waals surface area contributed by atoms with Crippen LogP contribution in [0.25, 0.3) is 0 Å². The first-order valence-corrected chi connectivity index (χ1v) is 15.3. The van der Waals surface area contributed by atoms with Gasteiger partial charge in [-0.25, -0.2) is 9.97 Å². The van der Waals surface area contributed by atoms with Crippen LogP contribution in [0.15, 0.2) is 78.0 Å². The number of ether oxygens (including phenoxy) is 3. The molecule has 236 valence electrons. The predicted molar refractivity (Wildman–Crippen MR) is 177 cm³/mol. The topological polar surface area (TPSA) is 106 Å². The van der Waals surface area contributed by atoms with E-state index in [1.54, 1.807) is 17.0 Å². The number of anilines is 2. The second-order valence-corrected chi connectivity index (χ2v) is 11.5. The first-order valence-electron chi connectivity index (χ1n) is 14.3. The van der Waals surface area contributed by atoms with Crippen molar-refractivity contribution in [2.45, 2.75) is 31.6 Å². The van der Waals surface area contributed by atoms with E-state index in [1.807, 2.05) is 93.5 Å². The van der Waals surface area contributed by atoms with Crippen molar-refractivity contribution in [3.63, 3.8) is 0 Å². The van der Waals surface area contributed by atoms with Gasteiger partial charge in [-0.2, -0.15) is 0 Å². The van der Waals surface area contributed by atoms with E-state index in [-0.39, 0.29) is 18.2 Å². The molecule has 0 spiro atoms. The summed E-state index contributed by atoms with van der Waals surface area (Å²) in [4.78, 5) is 41.0. The molecular formula is C34H39N5O5S. The number of carbonyl (C=O) groups is 2. The molecule has 1 atom stereocenters. The molecule has 45 heavy (non-hydrogen) atoms. The van der Waals surface area contributed by atoms with Crippen molar-refractivity contribution in [3.05, 3.63) is 95.3 Å². The summed E-state index contributed by atoms with van der Waals surface area (Å²) in [5.41, 5.74) is 4.55. The minimum absolute atomic E-state index is 0.0153. The van der Waals surface area contributed by atoms with E-state index in [0.29, 0.717) is 33.7 Å². The SMILES string of the molecule is COc1cc(C(C(=O)Nc2ccc(N(C)C)cc2)N(Cc2ccccc2)C(=O)CSc2nc(C)cc(C)n2)cc(OC)c1OC. The maximum absolute atomic E-state index is 14.3. The van der Waals surface area contributed by atoms with Gasteiger partial charge in [0.15, 0.2) is 16.7 Å². The van der Waals surface area contributed by atoms with E-state index in [1.165, 1.54) is 33.1 Å².